The number of hydrogen-bond acceptors (Lipinski definition) is 5. The Kier molecular flexibility index (Phi) is 4.13. The summed E-state index contributed by atoms with van der Waals surface area (Å²) < 4.78 is 1.75. The Morgan fingerprint density at radius 2 is 2.08 bits per heavy atom. The van der Waals surface area contributed by atoms with E-state index in [2.05, 4.69) is 15.5 Å². The van der Waals surface area contributed by atoms with E-state index in [1.165, 1.54) is 0 Å². The number of nitrogens with zero attached hydrogens (tertiary/aromatic N) is 4. The van der Waals surface area contributed by atoms with Gasteiger partial charge in [-0.2, -0.15) is 0 Å². The molecule has 2 amide bonds. The third kappa shape index (κ3) is 2.86. The summed E-state index contributed by atoms with van der Waals surface area (Å²) in [4.78, 5) is 27.1. The van der Waals surface area contributed by atoms with Crippen LogP contribution in [0, 0.1) is 5.92 Å². The van der Waals surface area contributed by atoms with Crippen LogP contribution >= 0.6 is 11.8 Å². The third-order valence-corrected chi connectivity index (χ3v) is 5.74. The number of fused-ring (bicyclic) bond motifs is 1. The predicted molar refractivity (Wildman–Crippen MR) is 91.5 cm³/mol. The van der Waals surface area contributed by atoms with Crippen LogP contribution in [-0.2, 0) is 9.59 Å². The molecule has 0 bridgehead atoms. The summed E-state index contributed by atoms with van der Waals surface area (Å²) in [6.07, 6.45) is 7.52. The zero-order chi connectivity index (χ0) is 16.5. The van der Waals surface area contributed by atoms with Gasteiger partial charge < -0.3 is 10.2 Å². The molecule has 24 heavy (non-hydrogen) atoms. The first-order chi connectivity index (χ1) is 11.7. The zero-order valence-electron chi connectivity index (χ0n) is 13.2. The fourth-order valence-electron chi connectivity index (χ4n) is 3.41. The number of amides is 2. The van der Waals surface area contributed by atoms with Crippen LogP contribution < -0.4 is 5.32 Å². The highest BCUT2D eigenvalue weighted by molar-refractivity contribution is 7.99. The summed E-state index contributed by atoms with van der Waals surface area (Å²) in [5.74, 6) is 1.38. The topological polar surface area (TPSA) is 79.6 Å². The van der Waals surface area contributed by atoms with Crippen molar-refractivity contribution in [3.8, 4) is 0 Å². The highest BCUT2D eigenvalue weighted by Crippen LogP contribution is 2.31. The molecule has 1 saturated carbocycles. The summed E-state index contributed by atoms with van der Waals surface area (Å²) in [6, 6.07) is 3.21. The van der Waals surface area contributed by atoms with Gasteiger partial charge in [-0.25, -0.2) is 0 Å². The zero-order valence-corrected chi connectivity index (χ0v) is 14.0. The maximum Gasteiger partial charge on any atom is 0.248 e. The second-order valence-electron chi connectivity index (χ2n) is 6.31. The second-order valence-corrected chi connectivity index (χ2v) is 7.31. The number of carbonyl (C=O) groups excluding carboxylic acids is 2. The van der Waals surface area contributed by atoms with Gasteiger partial charge in [0.05, 0.1) is 11.6 Å². The minimum absolute atomic E-state index is 0.104. The predicted octanol–water partition coefficient (Wildman–Crippen LogP) is 1.76. The van der Waals surface area contributed by atoms with Gasteiger partial charge in [-0.3, -0.25) is 14.0 Å². The Bertz CT molecular complexity index is 771. The Labute approximate surface area is 143 Å². The largest absolute Gasteiger partial charge is 0.323 e. The molecule has 2 aliphatic rings. The molecule has 3 heterocycles. The first kappa shape index (κ1) is 15.4. The lowest BCUT2D eigenvalue weighted by molar-refractivity contribution is -0.139. The SMILES string of the molecule is O=C(Nc1ccc2nncn2c1)C1CSCN1C(=O)C1CCCC1. The van der Waals surface area contributed by atoms with Gasteiger partial charge in [0, 0.05) is 17.9 Å². The van der Waals surface area contributed by atoms with Crippen molar-refractivity contribution in [2.45, 2.75) is 31.7 Å². The molecule has 2 fully saturated rings. The Hall–Kier alpha value is -2.09. The number of nitrogens with one attached hydrogen (secondary N) is 1. The van der Waals surface area contributed by atoms with Crippen LogP contribution in [0.5, 0.6) is 0 Å². The normalized spacial score (nSPS) is 21.5. The summed E-state index contributed by atoms with van der Waals surface area (Å²) in [5.41, 5.74) is 1.40. The van der Waals surface area contributed by atoms with Gasteiger partial charge in [0.1, 0.15) is 12.4 Å². The first-order valence-electron chi connectivity index (χ1n) is 8.21. The van der Waals surface area contributed by atoms with Crippen LogP contribution in [0.1, 0.15) is 25.7 Å². The van der Waals surface area contributed by atoms with Crippen LogP contribution in [0.2, 0.25) is 0 Å². The summed E-state index contributed by atoms with van der Waals surface area (Å²) in [7, 11) is 0. The Morgan fingerprint density at radius 1 is 1.25 bits per heavy atom. The summed E-state index contributed by atoms with van der Waals surface area (Å²) >= 11 is 1.64. The molecular formula is C16H19N5O2S. The van der Waals surface area contributed by atoms with Crippen molar-refractivity contribution in [3.63, 3.8) is 0 Å². The maximum atomic E-state index is 12.7. The monoisotopic (exact) mass is 345 g/mol. The molecule has 0 radical (unpaired) electrons. The second kappa shape index (κ2) is 6.43. The number of rotatable bonds is 3. The van der Waals surface area contributed by atoms with E-state index in [-0.39, 0.29) is 23.8 Å². The minimum atomic E-state index is -0.389. The van der Waals surface area contributed by atoms with E-state index in [0.717, 1.165) is 31.3 Å². The van der Waals surface area contributed by atoms with Crippen LogP contribution in [0.25, 0.3) is 5.65 Å². The Morgan fingerprint density at radius 3 is 2.92 bits per heavy atom. The van der Waals surface area contributed by atoms with Crippen LogP contribution in [0.4, 0.5) is 5.69 Å². The molecule has 7 nitrogen and oxygen atoms in total. The van der Waals surface area contributed by atoms with Crippen LogP contribution in [0.3, 0.4) is 0 Å². The maximum absolute atomic E-state index is 12.7. The highest BCUT2D eigenvalue weighted by Gasteiger charge is 2.38. The van der Waals surface area contributed by atoms with Gasteiger partial charge in [-0.05, 0) is 25.0 Å². The van der Waals surface area contributed by atoms with E-state index in [1.54, 1.807) is 45.7 Å². The van der Waals surface area contributed by atoms with Crippen molar-refractivity contribution >= 4 is 34.9 Å². The van der Waals surface area contributed by atoms with Gasteiger partial charge in [0.25, 0.3) is 0 Å². The number of aromatic nitrogens is 3. The summed E-state index contributed by atoms with van der Waals surface area (Å²) in [5, 5.41) is 10.7. The number of thioether (sulfide) groups is 1. The number of pyridine rings is 1. The van der Waals surface area contributed by atoms with E-state index in [9.17, 15) is 9.59 Å². The quantitative estimate of drug-likeness (QED) is 0.917. The average molecular weight is 345 g/mol. The molecule has 1 unspecified atom stereocenters. The highest BCUT2D eigenvalue weighted by atomic mass is 32.2. The lowest BCUT2D eigenvalue weighted by atomic mass is 10.1. The van der Waals surface area contributed by atoms with Gasteiger partial charge in [-0.15, -0.1) is 22.0 Å². The van der Waals surface area contributed by atoms with E-state index in [1.807, 2.05) is 0 Å². The van der Waals surface area contributed by atoms with Crippen molar-refractivity contribution in [2.75, 3.05) is 16.9 Å². The average Bonchev–Trinajstić information content (AvgIpc) is 3.33. The van der Waals surface area contributed by atoms with Gasteiger partial charge in [-0.1, -0.05) is 12.8 Å². The molecule has 0 spiro atoms. The molecular weight excluding hydrogens is 326 g/mol. The van der Waals surface area contributed by atoms with Gasteiger partial charge in [0.2, 0.25) is 11.8 Å². The van der Waals surface area contributed by atoms with Gasteiger partial charge in [0.15, 0.2) is 5.65 Å². The molecule has 2 aromatic heterocycles. The molecule has 1 N–H and O–H groups in total. The van der Waals surface area contributed by atoms with E-state index in [4.69, 9.17) is 0 Å². The third-order valence-electron chi connectivity index (χ3n) is 4.73. The van der Waals surface area contributed by atoms with E-state index < -0.39 is 0 Å². The molecule has 4 rings (SSSR count). The molecule has 1 saturated heterocycles. The first-order valence-corrected chi connectivity index (χ1v) is 9.36. The minimum Gasteiger partial charge on any atom is -0.323 e. The molecule has 1 atom stereocenters. The Balaban J connectivity index is 1.47. The molecule has 126 valence electrons. The van der Waals surface area contributed by atoms with Crippen molar-refractivity contribution in [2.24, 2.45) is 5.92 Å². The van der Waals surface area contributed by atoms with Gasteiger partial charge >= 0.3 is 0 Å². The number of anilines is 1. The van der Waals surface area contributed by atoms with Crippen molar-refractivity contribution in [1.29, 1.82) is 0 Å². The molecule has 2 aromatic rings. The van der Waals surface area contributed by atoms with E-state index >= 15 is 0 Å². The molecule has 0 aromatic carbocycles. The smallest absolute Gasteiger partial charge is 0.248 e. The van der Waals surface area contributed by atoms with Crippen molar-refractivity contribution in [3.05, 3.63) is 24.7 Å². The van der Waals surface area contributed by atoms with E-state index in [0.29, 0.717) is 17.3 Å². The molecule has 1 aliphatic heterocycles. The van der Waals surface area contributed by atoms with Crippen LogP contribution in [0.15, 0.2) is 24.7 Å². The van der Waals surface area contributed by atoms with Crippen LogP contribution in [-0.4, -0.2) is 49.0 Å². The fourth-order valence-corrected chi connectivity index (χ4v) is 4.58. The number of hydrogen-bond donors (Lipinski definition) is 1. The summed E-state index contributed by atoms with van der Waals surface area (Å²) in [6.45, 7) is 0. The van der Waals surface area contributed by atoms with Crippen molar-refractivity contribution < 1.29 is 9.59 Å². The lowest BCUT2D eigenvalue weighted by Crippen LogP contribution is -2.46. The fraction of sp³-hybridized carbons (Fsp3) is 0.500. The standard InChI is InChI=1S/C16H19N5O2S/c22-15(18-12-5-6-14-19-17-9-20(14)7-12)13-8-24-10-21(13)16(23)11-3-1-2-4-11/h5-7,9,11,13H,1-4,8,10H2,(H,18,22). The molecule has 8 heteroatoms. The number of carbonyl (C=O) groups is 2. The van der Waals surface area contributed by atoms with Crippen molar-refractivity contribution in [1.82, 2.24) is 19.5 Å². The molecule has 1 aliphatic carbocycles. The lowest BCUT2D eigenvalue weighted by Gasteiger charge is -2.25.